The number of carbonyl (C=O) groups excluding carboxylic acids is 1. The van der Waals surface area contributed by atoms with E-state index in [1.54, 1.807) is 53.7 Å². The SMILES string of the molecule is COCCn1c(=NC(=O)Cc2ccc(OC)cc2OC)sc2c(OC)ccc(OC)c21. The lowest BCUT2D eigenvalue weighted by Crippen LogP contribution is -2.20. The van der Waals surface area contributed by atoms with Crippen molar-refractivity contribution in [1.82, 2.24) is 4.57 Å². The third-order valence-electron chi connectivity index (χ3n) is 4.77. The fourth-order valence-electron chi connectivity index (χ4n) is 3.24. The zero-order valence-electron chi connectivity index (χ0n) is 18.3. The number of fused-ring (bicyclic) bond motifs is 1. The second-order valence-corrected chi connectivity index (χ2v) is 7.51. The van der Waals surface area contributed by atoms with Gasteiger partial charge < -0.3 is 28.3 Å². The van der Waals surface area contributed by atoms with E-state index < -0.39 is 0 Å². The molecule has 0 radical (unpaired) electrons. The van der Waals surface area contributed by atoms with Gasteiger partial charge in [0, 0.05) is 25.3 Å². The molecule has 1 aromatic heterocycles. The summed E-state index contributed by atoms with van der Waals surface area (Å²) in [6.45, 7) is 0.970. The summed E-state index contributed by atoms with van der Waals surface area (Å²) in [5, 5.41) is 0. The van der Waals surface area contributed by atoms with Crippen LogP contribution in [0.15, 0.2) is 35.3 Å². The molecule has 0 fully saturated rings. The van der Waals surface area contributed by atoms with Gasteiger partial charge in [-0.2, -0.15) is 4.99 Å². The van der Waals surface area contributed by atoms with Crippen molar-refractivity contribution < 1.29 is 28.5 Å². The molecular weight excluding hydrogens is 420 g/mol. The summed E-state index contributed by atoms with van der Waals surface area (Å²) in [4.78, 5) is 17.8. The van der Waals surface area contributed by atoms with Gasteiger partial charge in [0.25, 0.3) is 5.91 Å². The molecule has 0 bridgehead atoms. The van der Waals surface area contributed by atoms with Gasteiger partial charge in [0.15, 0.2) is 4.80 Å². The molecule has 2 aromatic carbocycles. The molecule has 0 atom stereocenters. The molecule has 0 spiro atoms. The van der Waals surface area contributed by atoms with Crippen LogP contribution in [0.3, 0.4) is 0 Å². The van der Waals surface area contributed by atoms with Crippen LogP contribution >= 0.6 is 11.3 Å². The number of methoxy groups -OCH3 is 5. The van der Waals surface area contributed by atoms with E-state index in [0.717, 1.165) is 15.8 Å². The van der Waals surface area contributed by atoms with Gasteiger partial charge in [-0.1, -0.05) is 17.4 Å². The first-order valence-electron chi connectivity index (χ1n) is 9.58. The normalized spacial score (nSPS) is 11.6. The van der Waals surface area contributed by atoms with Crippen LogP contribution < -0.4 is 23.7 Å². The van der Waals surface area contributed by atoms with Crippen molar-refractivity contribution in [2.45, 2.75) is 13.0 Å². The Balaban J connectivity index is 2.07. The van der Waals surface area contributed by atoms with Crippen LogP contribution in [0.1, 0.15) is 5.56 Å². The van der Waals surface area contributed by atoms with Crippen LogP contribution in [0, 0.1) is 0 Å². The van der Waals surface area contributed by atoms with E-state index in [2.05, 4.69) is 4.99 Å². The maximum Gasteiger partial charge on any atom is 0.252 e. The molecule has 0 unspecified atom stereocenters. The molecule has 1 amide bonds. The number of benzene rings is 2. The van der Waals surface area contributed by atoms with Gasteiger partial charge in [-0.25, -0.2) is 0 Å². The van der Waals surface area contributed by atoms with Crippen molar-refractivity contribution in [3.8, 4) is 23.0 Å². The predicted octanol–water partition coefficient (Wildman–Crippen LogP) is 3.05. The molecule has 3 aromatic rings. The average Bonchev–Trinajstić information content (AvgIpc) is 3.14. The van der Waals surface area contributed by atoms with Crippen molar-refractivity contribution in [1.29, 1.82) is 0 Å². The van der Waals surface area contributed by atoms with Gasteiger partial charge in [-0.3, -0.25) is 4.79 Å². The molecule has 0 saturated heterocycles. The Bertz CT molecular complexity index is 1130. The number of ether oxygens (including phenoxy) is 5. The Hall–Kier alpha value is -3.04. The molecule has 0 N–H and O–H groups in total. The third kappa shape index (κ3) is 4.83. The van der Waals surface area contributed by atoms with E-state index >= 15 is 0 Å². The fraction of sp³-hybridized carbons (Fsp3) is 0.364. The van der Waals surface area contributed by atoms with Crippen molar-refractivity contribution in [3.63, 3.8) is 0 Å². The Morgan fingerprint density at radius 3 is 2.29 bits per heavy atom. The van der Waals surface area contributed by atoms with Crippen molar-refractivity contribution >= 4 is 27.5 Å². The Morgan fingerprint density at radius 2 is 1.65 bits per heavy atom. The van der Waals surface area contributed by atoms with Crippen LogP contribution in [-0.4, -0.2) is 52.6 Å². The quantitative estimate of drug-likeness (QED) is 0.503. The van der Waals surface area contributed by atoms with Gasteiger partial charge in [-0.15, -0.1) is 0 Å². The highest BCUT2D eigenvalue weighted by Crippen LogP contribution is 2.35. The molecule has 31 heavy (non-hydrogen) atoms. The molecule has 8 nitrogen and oxygen atoms in total. The van der Waals surface area contributed by atoms with Crippen LogP contribution in [0.2, 0.25) is 0 Å². The van der Waals surface area contributed by atoms with Crippen LogP contribution in [0.25, 0.3) is 10.2 Å². The van der Waals surface area contributed by atoms with Crippen molar-refractivity contribution in [3.05, 3.63) is 40.7 Å². The lowest BCUT2D eigenvalue weighted by atomic mass is 10.1. The molecule has 0 aliphatic rings. The fourth-order valence-corrected chi connectivity index (χ4v) is 4.42. The summed E-state index contributed by atoms with van der Waals surface area (Å²) >= 11 is 1.37. The molecule has 3 rings (SSSR count). The van der Waals surface area contributed by atoms with Gasteiger partial charge in [-0.05, 0) is 18.2 Å². The Kier molecular flexibility index (Phi) is 7.54. The first-order valence-corrected chi connectivity index (χ1v) is 10.4. The van der Waals surface area contributed by atoms with E-state index in [9.17, 15) is 4.79 Å². The minimum atomic E-state index is -0.292. The van der Waals surface area contributed by atoms with Crippen LogP contribution in [-0.2, 0) is 22.5 Å². The molecule has 0 saturated carbocycles. The topological polar surface area (TPSA) is 80.5 Å². The van der Waals surface area contributed by atoms with E-state index in [1.807, 2.05) is 16.7 Å². The number of amides is 1. The highest BCUT2D eigenvalue weighted by Gasteiger charge is 2.17. The van der Waals surface area contributed by atoms with E-state index in [1.165, 1.54) is 11.3 Å². The van der Waals surface area contributed by atoms with Gasteiger partial charge >= 0.3 is 0 Å². The highest BCUT2D eigenvalue weighted by molar-refractivity contribution is 7.16. The third-order valence-corrected chi connectivity index (χ3v) is 5.86. The summed E-state index contributed by atoms with van der Waals surface area (Å²) in [7, 11) is 7.99. The summed E-state index contributed by atoms with van der Waals surface area (Å²) in [6, 6.07) is 9.02. The van der Waals surface area contributed by atoms with Crippen molar-refractivity contribution in [2.24, 2.45) is 4.99 Å². The van der Waals surface area contributed by atoms with E-state index in [-0.39, 0.29) is 12.3 Å². The summed E-state index contributed by atoms with van der Waals surface area (Å²) in [5.74, 6) is 2.31. The number of rotatable bonds is 9. The summed E-state index contributed by atoms with van der Waals surface area (Å²) < 4.78 is 29.7. The number of nitrogens with zero attached hydrogens (tertiary/aromatic N) is 2. The zero-order valence-corrected chi connectivity index (χ0v) is 19.1. The van der Waals surface area contributed by atoms with Gasteiger partial charge in [0.2, 0.25) is 0 Å². The highest BCUT2D eigenvalue weighted by atomic mass is 32.1. The molecular formula is C22H26N2O6S. The number of aromatic nitrogens is 1. The van der Waals surface area contributed by atoms with Crippen LogP contribution in [0.5, 0.6) is 23.0 Å². The number of thiazole rings is 1. The lowest BCUT2D eigenvalue weighted by Gasteiger charge is -2.10. The van der Waals surface area contributed by atoms with Crippen molar-refractivity contribution in [2.75, 3.05) is 42.2 Å². The van der Waals surface area contributed by atoms with Crippen LogP contribution in [0.4, 0.5) is 0 Å². The first-order chi connectivity index (χ1) is 15.1. The zero-order chi connectivity index (χ0) is 22.4. The predicted molar refractivity (Wildman–Crippen MR) is 119 cm³/mol. The Labute approximate surface area is 184 Å². The maximum atomic E-state index is 12.9. The maximum absolute atomic E-state index is 12.9. The van der Waals surface area contributed by atoms with E-state index in [4.69, 9.17) is 23.7 Å². The smallest absolute Gasteiger partial charge is 0.252 e. The number of hydrogen-bond acceptors (Lipinski definition) is 7. The molecule has 0 aliphatic carbocycles. The number of carbonyl (C=O) groups is 1. The second kappa shape index (κ2) is 10.3. The second-order valence-electron chi connectivity index (χ2n) is 6.54. The lowest BCUT2D eigenvalue weighted by molar-refractivity contribution is -0.117. The average molecular weight is 447 g/mol. The number of hydrogen-bond donors (Lipinski definition) is 0. The van der Waals surface area contributed by atoms with Gasteiger partial charge in [0.05, 0.1) is 41.5 Å². The molecule has 0 aliphatic heterocycles. The minimum Gasteiger partial charge on any atom is -0.497 e. The molecule has 1 heterocycles. The monoisotopic (exact) mass is 446 g/mol. The molecule has 166 valence electrons. The minimum absolute atomic E-state index is 0.0972. The summed E-state index contributed by atoms with van der Waals surface area (Å²) in [6.07, 6.45) is 0.0972. The largest absolute Gasteiger partial charge is 0.497 e. The van der Waals surface area contributed by atoms with Gasteiger partial charge in [0.1, 0.15) is 33.2 Å². The summed E-state index contributed by atoms with van der Waals surface area (Å²) in [5.41, 5.74) is 1.55. The molecule has 9 heteroatoms. The first kappa shape index (κ1) is 22.6. The standard InChI is InChI=1S/C22H26N2O6S/c1-26-11-10-24-20-16(28-3)8-9-17(29-4)21(20)31-22(24)23-19(25)12-14-6-7-15(27-2)13-18(14)30-5/h6-9,13H,10-12H2,1-5H3. The Morgan fingerprint density at radius 1 is 0.935 bits per heavy atom. The van der Waals surface area contributed by atoms with E-state index in [0.29, 0.717) is 41.0 Å².